The zero-order chi connectivity index (χ0) is 19.2. The van der Waals surface area contributed by atoms with E-state index in [1.165, 1.54) is 0 Å². The third kappa shape index (κ3) is 4.41. The third-order valence-electron chi connectivity index (χ3n) is 4.62. The molecule has 28 heavy (non-hydrogen) atoms. The van der Waals surface area contributed by atoms with Crippen LogP contribution < -0.4 is 5.32 Å². The van der Waals surface area contributed by atoms with Crippen LogP contribution in [0.15, 0.2) is 61.3 Å². The van der Waals surface area contributed by atoms with Crippen molar-refractivity contribution in [2.24, 2.45) is 0 Å². The molecule has 4 rings (SSSR count). The minimum Gasteiger partial charge on any atom is -0.379 e. The summed E-state index contributed by atoms with van der Waals surface area (Å²) in [5.74, 6) is -0.145. The Bertz CT molecular complexity index is 901. The topological polar surface area (TPSA) is 91.2 Å². The Morgan fingerprint density at radius 3 is 2.93 bits per heavy atom. The number of ether oxygens (including phenoxy) is 2. The van der Waals surface area contributed by atoms with E-state index in [9.17, 15) is 4.79 Å². The normalized spacial score (nSPS) is 19.3. The molecule has 2 aromatic heterocycles. The number of hydrogen-bond acceptors (Lipinski definition) is 6. The fourth-order valence-corrected chi connectivity index (χ4v) is 3.11. The molecule has 0 bridgehead atoms. The number of nitrogens with one attached hydrogen (secondary N) is 1. The van der Waals surface area contributed by atoms with Crippen LogP contribution in [-0.2, 0) is 16.1 Å². The quantitative estimate of drug-likeness (QED) is 0.702. The van der Waals surface area contributed by atoms with Crippen molar-refractivity contribution in [1.29, 1.82) is 0 Å². The first-order valence-corrected chi connectivity index (χ1v) is 9.15. The van der Waals surface area contributed by atoms with Gasteiger partial charge in [0.2, 0.25) is 0 Å². The zero-order valence-corrected chi connectivity index (χ0v) is 15.3. The molecule has 1 fully saturated rings. The van der Waals surface area contributed by atoms with E-state index in [1.807, 2.05) is 36.4 Å². The first kappa shape index (κ1) is 18.3. The number of hydrogen-bond donors (Lipinski definition) is 1. The van der Waals surface area contributed by atoms with Gasteiger partial charge >= 0.3 is 0 Å². The van der Waals surface area contributed by atoms with Crippen molar-refractivity contribution in [3.05, 3.63) is 72.6 Å². The maximum absolute atomic E-state index is 12.8. The van der Waals surface area contributed by atoms with Gasteiger partial charge in [-0.25, -0.2) is 0 Å². The molecule has 144 valence electrons. The molecule has 3 aromatic rings. The van der Waals surface area contributed by atoms with Gasteiger partial charge in [-0.1, -0.05) is 12.1 Å². The fourth-order valence-electron chi connectivity index (χ4n) is 3.11. The van der Waals surface area contributed by atoms with Crippen LogP contribution in [-0.4, -0.2) is 51.0 Å². The number of aromatic nitrogens is 4. The van der Waals surface area contributed by atoms with Gasteiger partial charge in [0.25, 0.3) is 5.91 Å². The molecule has 0 saturated carbocycles. The molecule has 2 atom stereocenters. The monoisotopic (exact) mass is 379 g/mol. The first-order valence-electron chi connectivity index (χ1n) is 9.15. The Kier molecular flexibility index (Phi) is 5.69. The van der Waals surface area contributed by atoms with Crippen LogP contribution in [0.25, 0.3) is 5.69 Å². The lowest BCUT2D eigenvalue weighted by molar-refractivity contribution is -0.0743. The second-order valence-corrected chi connectivity index (χ2v) is 6.53. The minimum atomic E-state index is -0.222. The number of pyridine rings is 1. The molecule has 8 heteroatoms. The van der Waals surface area contributed by atoms with Crippen molar-refractivity contribution in [3.63, 3.8) is 0 Å². The van der Waals surface area contributed by atoms with Gasteiger partial charge in [0.15, 0.2) is 0 Å². The summed E-state index contributed by atoms with van der Waals surface area (Å²) >= 11 is 0. The van der Waals surface area contributed by atoms with E-state index >= 15 is 0 Å². The molecular formula is C20H21N5O3. The van der Waals surface area contributed by atoms with E-state index in [4.69, 9.17) is 9.47 Å². The smallest absolute Gasteiger partial charge is 0.251 e. The maximum Gasteiger partial charge on any atom is 0.251 e. The lowest BCUT2D eigenvalue weighted by Crippen LogP contribution is -2.50. The van der Waals surface area contributed by atoms with E-state index in [2.05, 4.69) is 20.5 Å². The van der Waals surface area contributed by atoms with Gasteiger partial charge in [0.05, 0.1) is 24.9 Å². The molecule has 1 aliphatic heterocycles. The molecule has 0 radical (unpaired) electrons. The van der Waals surface area contributed by atoms with E-state index in [-0.39, 0.29) is 18.1 Å². The predicted molar refractivity (Wildman–Crippen MR) is 101 cm³/mol. The minimum absolute atomic E-state index is 0.122. The van der Waals surface area contributed by atoms with Crippen molar-refractivity contribution >= 4 is 5.91 Å². The fraction of sp³-hybridized carbons (Fsp3) is 0.300. The van der Waals surface area contributed by atoms with Crippen LogP contribution in [0.5, 0.6) is 0 Å². The SMILES string of the molecule is O=C(NC1CCOCC1OCc1ccccn1)c1cccc(-n2cnnc2)c1. The van der Waals surface area contributed by atoms with Gasteiger partial charge in [-0.2, -0.15) is 0 Å². The van der Waals surface area contributed by atoms with Gasteiger partial charge in [-0.05, 0) is 36.8 Å². The zero-order valence-electron chi connectivity index (χ0n) is 15.3. The van der Waals surface area contributed by atoms with Crippen molar-refractivity contribution in [3.8, 4) is 5.69 Å². The summed E-state index contributed by atoms with van der Waals surface area (Å²) in [6.07, 6.45) is 5.40. The van der Waals surface area contributed by atoms with Crippen molar-refractivity contribution in [1.82, 2.24) is 25.1 Å². The molecule has 0 spiro atoms. The number of carbonyl (C=O) groups excluding carboxylic acids is 1. The van der Waals surface area contributed by atoms with Crippen molar-refractivity contribution < 1.29 is 14.3 Å². The number of nitrogens with zero attached hydrogens (tertiary/aromatic N) is 4. The van der Waals surface area contributed by atoms with Crippen LogP contribution >= 0.6 is 0 Å². The number of carbonyl (C=O) groups is 1. The molecule has 1 amide bonds. The third-order valence-corrected chi connectivity index (χ3v) is 4.62. The second-order valence-electron chi connectivity index (χ2n) is 6.53. The lowest BCUT2D eigenvalue weighted by Gasteiger charge is -2.32. The van der Waals surface area contributed by atoms with Gasteiger partial charge in [-0.15, -0.1) is 10.2 Å². The Hall–Kier alpha value is -3.10. The summed E-state index contributed by atoms with van der Waals surface area (Å²) in [4.78, 5) is 17.1. The highest BCUT2D eigenvalue weighted by molar-refractivity contribution is 5.95. The summed E-state index contributed by atoms with van der Waals surface area (Å²) in [5, 5.41) is 10.7. The summed E-state index contributed by atoms with van der Waals surface area (Å²) in [6, 6.07) is 12.9. The van der Waals surface area contributed by atoms with Crippen LogP contribution in [0.2, 0.25) is 0 Å². The molecule has 8 nitrogen and oxygen atoms in total. The first-order chi connectivity index (χ1) is 13.8. The van der Waals surface area contributed by atoms with Crippen molar-refractivity contribution in [2.45, 2.75) is 25.2 Å². The van der Waals surface area contributed by atoms with E-state index < -0.39 is 0 Å². The summed E-state index contributed by atoms with van der Waals surface area (Å²) < 4.78 is 13.3. The van der Waals surface area contributed by atoms with Crippen LogP contribution in [0.4, 0.5) is 0 Å². The largest absolute Gasteiger partial charge is 0.379 e. The Morgan fingerprint density at radius 1 is 1.21 bits per heavy atom. The molecule has 0 aliphatic carbocycles. The van der Waals surface area contributed by atoms with Crippen LogP contribution in [0.1, 0.15) is 22.5 Å². The van der Waals surface area contributed by atoms with Gasteiger partial charge in [-0.3, -0.25) is 14.3 Å². The highest BCUT2D eigenvalue weighted by Gasteiger charge is 2.28. The van der Waals surface area contributed by atoms with E-state index in [0.717, 1.165) is 11.4 Å². The number of benzene rings is 1. The predicted octanol–water partition coefficient (Wildman–Crippen LogP) is 1.77. The number of rotatable bonds is 6. The lowest BCUT2D eigenvalue weighted by atomic mass is 10.0. The van der Waals surface area contributed by atoms with Crippen molar-refractivity contribution in [2.75, 3.05) is 13.2 Å². The molecule has 1 saturated heterocycles. The van der Waals surface area contributed by atoms with E-state index in [1.54, 1.807) is 29.5 Å². The summed E-state index contributed by atoms with van der Waals surface area (Å²) in [5.41, 5.74) is 2.24. The second kappa shape index (κ2) is 8.73. The Balaban J connectivity index is 1.41. The molecule has 3 heterocycles. The Morgan fingerprint density at radius 2 is 2.11 bits per heavy atom. The summed E-state index contributed by atoms with van der Waals surface area (Å²) in [6.45, 7) is 1.41. The average molecular weight is 379 g/mol. The number of amides is 1. The molecular weight excluding hydrogens is 358 g/mol. The molecule has 1 aromatic carbocycles. The standard InChI is InChI=1S/C20H21N5O3/c26-20(15-4-3-6-17(10-15)25-13-22-23-14-25)24-18-7-9-27-12-19(18)28-11-16-5-1-2-8-21-16/h1-6,8,10,13-14,18-19H,7,9,11-12H2,(H,24,26). The maximum atomic E-state index is 12.8. The average Bonchev–Trinajstić information content (AvgIpc) is 3.29. The van der Waals surface area contributed by atoms with Gasteiger partial charge in [0.1, 0.15) is 18.8 Å². The highest BCUT2D eigenvalue weighted by atomic mass is 16.5. The molecule has 1 N–H and O–H groups in total. The van der Waals surface area contributed by atoms with Gasteiger partial charge in [0, 0.05) is 24.1 Å². The van der Waals surface area contributed by atoms with Gasteiger partial charge < -0.3 is 14.8 Å². The Labute approximate surface area is 162 Å². The molecule has 1 aliphatic rings. The van der Waals surface area contributed by atoms with E-state index in [0.29, 0.717) is 31.8 Å². The highest BCUT2D eigenvalue weighted by Crippen LogP contribution is 2.15. The molecule has 2 unspecified atom stereocenters. The van der Waals surface area contributed by atoms with Crippen LogP contribution in [0, 0.1) is 0 Å². The summed E-state index contributed by atoms with van der Waals surface area (Å²) in [7, 11) is 0. The van der Waals surface area contributed by atoms with Crippen LogP contribution in [0.3, 0.4) is 0 Å².